The van der Waals surface area contributed by atoms with Crippen molar-refractivity contribution in [2.75, 3.05) is 0 Å². The number of rotatable bonds is 0. The molecule has 0 saturated carbocycles. The second-order valence-corrected chi connectivity index (χ2v) is 2.57. The number of halogens is 5. The molecule has 0 spiro atoms. The smallest absolute Gasteiger partial charge is 0.196 e. The van der Waals surface area contributed by atoms with Crippen LogP contribution in [0.2, 0.25) is 5.02 Å². The lowest BCUT2D eigenvalue weighted by Crippen LogP contribution is -1.99. The number of hydrogen-bond donors (Lipinski definition) is 0. The Morgan fingerprint density at radius 2 is 1.21 bits per heavy atom. The summed E-state index contributed by atoms with van der Waals surface area (Å²) in [6, 6.07) is 0. The highest BCUT2D eigenvalue weighted by molar-refractivity contribution is 6.31. The zero-order chi connectivity index (χ0) is 11.5. The molecule has 0 atom stereocenters. The van der Waals surface area contributed by atoms with Gasteiger partial charge in [-0.15, -0.1) is 0 Å². The van der Waals surface area contributed by atoms with Gasteiger partial charge in [-0.05, 0) is 6.92 Å². The standard InChI is InChI=1S/C7H3ClF4.C2H6/c1-2-4(9)3(8)6(11)7(12)5(2)10;1-2/h1H3;1-2H3. The average molecular weight is 229 g/mol. The van der Waals surface area contributed by atoms with Gasteiger partial charge >= 0.3 is 0 Å². The third-order valence-corrected chi connectivity index (χ3v) is 1.76. The van der Waals surface area contributed by atoms with Gasteiger partial charge in [0.25, 0.3) is 0 Å². The van der Waals surface area contributed by atoms with Crippen LogP contribution in [0, 0.1) is 30.2 Å². The van der Waals surface area contributed by atoms with E-state index in [1.165, 1.54) is 0 Å². The van der Waals surface area contributed by atoms with Gasteiger partial charge < -0.3 is 0 Å². The van der Waals surface area contributed by atoms with Crippen LogP contribution in [0.25, 0.3) is 0 Å². The van der Waals surface area contributed by atoms with E-state index in [-0.39, 0.29) is 0 Å². The van der Waals surface area contributed by atoms with Crippen molar-refractivity contribution in [2.45, 2.75) is 20.8 Å². The zero-order valence-corrected chi connectivity index (χ0v) is 8.65. The first-order chi connectivity index (χ1) is 6.46. The highest BCUT2D eigenvalue weighted by Crippen LogP contribution is 2.26. The van der Waals surface area contributed by atoms with Gasteiger partial charge in [-0.3, -0.25) is 0 Å². The van der Waals surface area contributed by atoms with Gasteiger partial charge in [-0.25, -0.2) is 17.6 Å². The van der Waals surface area contributed by atoms with Crippen LogP contribution in [-0.4, -0.2) is 0 Å². The number of hydrogen-bond acceptors (Lipinski definition) is 0. The third kappa shape index (κ3) is 2.18. The Bertz CT molecular complexity index is 231. The van der Waals surface area contributed by atoms with Crippen molar-refractivity contribution in [1.82, 2.24) is 0 Å². The van der Waals surface area contributed by atoms with E-state index in [9.17, 15) is 17.6 Å². The molecule has 0 saturated heterocycles. The van der Waals surface area contributed by atoms with Gasteiger partial charge in [0, 0.05) is 5.56 Å². The van der Waals surface area contributed by atoms with Gasteiger partial charge in [0.15, 0.2) is 23.3 Å². The minimum Gasteiger partial charge on any atom is -0.205 e. The summed E-state index contributed by atoms with van der Waals surface area (Å²) in [4.78, 5) is 0. The molecule has 0 heterocycles. The van der Waals surface area contributed by atoms with E-state index in [2.05, 4.69) is 0 Å². The van der Waals surface area contributed by atoms with Crippen LogP contribution in [0.1, 0.15) is 19.4 Å². The van der Waals surface area contributed by atoms with Gasteiger partial charge in [0.1, 0.15) is 5.02 Å². The molecule has 0 unspecified atom stereocenters. The van der Waals surface area contributed by atoms with E-state index >= 15 is 0 Å². The van der Waals surface area contributed by atoms with Gasteiger partial charge in [-0.2, -0.15) is 0 Å². The summed E-state index contributed by atoms with van der Waals surface area (Å²) in [5.74, 6) is -6.27. The molecule has 80 valence electrons. The normalized spacial score (nSPS) is 9.43. The summed E-state index contributed by atoms with van der Waals surface area (Å²) in [7, 11) is 0. The number of benzene rings is 1. The molecule has 0 fully saturated rings. The topological polar surface area (TPSA) is 0 Å². The minimum absolute atomic E-state index is 0.626. The molecule has 0 aliphatic rings. The largest absolute Gasteiger partial charge is 0.205 e. The SMILES string of the molecule is CC.Cc1c(F)c(F)c(F)c(Cl)c1F. The Hall–Kier alpha value is -0.770. The molecule has 1 aromatic rings. The third-order valence-electron chi connectivity index (χ3n) is 1.43. The maximum Gasteiger partial charge on any atom is 0.196 e. The summed E-state index contributed by atoms with van der Waals surface area (Å²) in [6.07, 6.45) is 0. The molecular formula is C9H9ClF4. The van der Waals surface area contributed by atoms with Crippen molar-refractivity contribution >= 4 is 11.6 Å². The predicted octanol–water partition coefficient (Wildman–Crippen LogP) is 4.23. The fraction of sp³-hybridized carbons (Fsp3) is 0.333. The first kappa shape index (κ1) is 13.2. The van der Waals surface area contributed by atoms with Gasteiger partial charge in [0.2, 0.25) is 0 Å². The Labute approximate surface area is 84.5 Å². The molecule has 1 rings (SSSR count). The molecule has 1 aromatic carbocycles. The molecule has 0 aliphatic heterocycles. The van der Waals surface area contributed by atoms with E-state index in [0.29, 0.717) is 0 Å². The Balaban J connectivity index is 0.000000791. The van der Waals surface area contributed by atoms with Crippen molar-refractivity contribution in [1.29, 1.82) is 0 Å². The molecule has 14 heavy (non-hydrogen) atoms. The van der Waals surface area contributed by atoms with Gasteiger partial charge in [0.05, 0.1) is 0 Å². The Kier molecular flexibility index (Phi) is 4.91. The lowest BCUT2D eigenvalue weighted by molar-refractivity contribution is 0.429. The van der Waals surface area contributed by atoms with Crippen molar-refractivity contribution in [3.05, 3.63) is 33.9 Å². The first-order valence-electron chi connectivity index (χ1n) is 3.94. The molecule has 0 radical (unpaired) electrons. The van der Waals surface area contributed by atoms with E-state index in [4.69, 9.17) is 11.6 Å². The highest BCUT2D eigenvalue weighted by atomic mass is 35.5. The lowest BCUT2D eigenvalue weighted by Gasteiger charge is -2.03. The molecular weight excluding hydrogens is 220 g/mol. The van der Waals surface area contributed by atoms with Crippen molar-refractivity contribution in [3.63, 3.8) is 0 Å². The van der Waals surface area contributed by atoms with Crippen LogP contribution in [0.5, 0.6) is 0 Å². The molecule has 0 aliphatic carbocycles. The minimum atomic E-state index is -1.75. The molecule has 0 amide bonds. The second-order valence-electron chi connectivity index (χ2n) is 2.19. The summed E-state index contributed by atoms with van der Waals surface area (Å²) in [6.45, 7) is 4.97. The van der Waals surface area contributed by atoms with E-state index in [1.54, 1.807) is 0 Å². The van der Waals surface area contributed by atoms with Crippen LogP contribution < -0.4 is 0 Å². The summed E-state index contributed by atoms with van der Waals surface area (Å²) in [5.41, 5.74) is -0.626. The van der Waals surface area contributed by atoms with Crippen LogP contribution in [0.4, 0.5) is 17.6 Å². The average Bonchev–Trinajstić information content (AvgIpc) is 2.24. The Morgan fingerprint density at radius 3 is 1.64 bits per heavy atom. The van der Waals surface area contributed by atoms with Crippen LogP contribution in [0.3, 0.4) is 0 Å². The molecule has 0 nitrogen and oxygen atoms in total. The summed E-state index contributed by atoms with van der Waals surface area (Å²) < 4.78 is 50.0. The molecule has 0 bridgehead atoms. The van der Waals surface area contributed by atoms with Crippen molar-refractivity contribution < 1.29 is 17.6 Å². The monoisotopic (exact) mass is 228 g/mol. The lowest BCUT2D eigenvalue weighted by atomic mass is 10.2. The highest BCUT2D eigenvalue weighted by Gasteiger charge is 2.21. The predicted molar refractivity (Wildman–Crippen MR) is 47.4 cm³/mol. The van der Waals surface area contributed by atoms with Crippen LogP contribution >= 0.6 is 11.6 Å². The van der Waals surface area contributed by atoms with E-state index in [0.717, 1.165) is 6.92 Å². The quantitative estimate of drug-likeness (QED) is 0.354. The maximum absolute atomic E-state index is 12.7. The molecule has 0 N–H and O–H groups in total. The van der Waals surface area contributed by atoms with Crippen molar-refractivity contribution in [3.8, 4) is 0 Å². The summed E-state index contributed by atoms with van der Waals surface area (Å²) in [5, 5.41) is -1.02. The fourth-order valence-corrected chi connectivity index (χ4v) is 0.939. The van der Waals surface area contributed by atoms with E-state index in [1.807, 2.05) is 13.8 Å². The van der Waals surface area contributed by atoms with Crippen LogP contribution in [-0.2, 0) is 0 Å². The van der Waals surface area contributed by atoms with Crippen LogP contribution in [0.15, 0.2) is 0 Å². The maximum atomic E-state index is 12.7. The van der Waals surface area contributed by atoms with E-state index < -0.39 is 33.9 Å². The Morgan fingerprint density at radius 1 is 0.786 bits per heavy atom. The fourth-order valence-electron chi connectivity index (χ4n) is 0.715. The molecule has 0 aromatic heterocycles. The first-order valence-corrected chi connectivity index (χ1v) is 4.32. The zero-order valence-electron chi connectivity index (χ0n) is 7.89. The molecule has 5 heteroatoms. The van der Waals surface area contributed by atoms with Crippen molar-refractivity contribution in [2.24, 2.45) is 0 Å². The second kappa shape index (κ2) is 5.20. The summed E-state index contributed by atoms with van der Waals surface area (Å²) >= 11 is 5.00. The van der Waals surface area contributed by atoms with Gasteiger partial charge in [-0.1, -0.05) is 25.4 Å².